The zero-order chi connectivity index (χ0) is 21.0. The van der Waals surface area contributed by atoms with E-state index in [9.17, 15) is 0 Å². The average Bonchev–Trinajstić information content (AvgIpc) is 3.33. The summed E-state index contributed by atoms with van der Waals surface area (Å²) in [4.78, 5) is 0. The van der Waals surface area contributed by atoms with Gasteiger partial charge < -0.3 is 9.47 Å². The fourth-order valence-electron chi connectivity index (χ4n) is 3.59. The molecule has 1 aliphatic heterocycles. The van der Waals surface area contributed by atoms with Crippen LogP contribution in [0.5, 0.6) is 11.5 Å². The highest BCUT2D eigenvalue weighted by Crippen LogP contribution is 2.38. The van der Waals surface area contributed by atoms with Gasteiger partial charge in [0.1, 0.15) is 17.0 Å². The van der Waals surface area contributed by atoms with Crippen molar-refractivity contribution in [2.45, 2.75) is 12.0 Å². The number of nitrogens with one attached hydrogen (secondary N) is 1. The second kappa shape index (κ2) is 8.74. The predicted octanol–water partition coefficient (Wildman–Crippen LogP) is 6.12. The SMILES string of the molecule is COc1cc([C@@H]2NN=C(c3ccccc3)S2)ccc1OCc1ccc2ccccc2c1. The van der Waals surface area contributed by atoms with Gasteiger partial charge in [0.05, 0.1) is 7.11 Å². The van der Waals surface area contributed by atoms with E-state index >= 15 is 0 Å². The lowest BCUT2D eigenvalue weighted by molar-refractivity contribution is 0.284. The smallest absolute Gasteiger partial charge is 0.161 e. The van der Waals surface area contributed by atoms with Crippen molar-refractivity contribution in [3.63, 3.8) is 0 Å². The molecular weight excluding hydrogens is 404 g/mol. The third kappa shape index (κ3) is 4.23. The van der Waals surface area contributed by atoms with Crippen molar-refractivity contribution in [2.75, 3.05) is 7.11 Å². The van der Waals surface area contributed by atoms with Crippen molar-refractivity contribution < 1.29 is 9.47 Å². The second-order valence-corrected chi connectivity index (χ2v) is 8.38. The second-order valence-electron chi connectivity index (χ2n) is 7.29. The van der Waals surface area contributed by atoms with E-state index in [1.54, 1.807) is 18.9 Å². The molecule has 1 heterocycles. The monoisotopic (exact) mass is 426 g/mol. The Hall–Kier alpha value is -3.44. The van der Waals surface area contributed by atoms with Crippen LogP contribution in [0.15, 0.2) is 96.1 Å². The maximum atomic E-state index is 6.09. The highest BCUT2D eigenvalue weighted by Gasteiger charge is 2.23. The van der Waals surface area contributed by atoms with Crippen LogP contribution in [0.4, 0.5) is 0 Å². The van der Waals surface area contributed by atoms with E-state index in [0.717, 1.165) is 27.5 Å². The van der Waals surface area contributed by atoms with E-state index in [0.29, 0.717) is 12.4 Å². The van der Waals surface area contributed by atoms with Gasteiger partial charge in [-0.2, -0.15) is 5.10 Å². The molecule has 0 aliphatic carbocycles. The minimum absolute atomic E-state index is 0.0404. The molecule has 4 aromatic carbocycles. The number of fused-ring (bicyclic) bond motifs is 1. The van der Waals surface area contributed by atoms with Gasteiger partial charge in [-0.25, -0.2) is 0 Å². The van der Waals surface area contributed by atoms with Crippen molar-refractivity contribution >= 4 is 27.6 Å². The molecule has 4 nitrogen and oxygen atoms in total. The Bertz CT molecular complexity index is 1240. The van der Waals surface area contributed by atoms with Crippen LogP contribution in [0.2, 0.25) is 0 Å². The Morgan fingerprint density at radius 2 is 1.65 bits per heavy atom. The highest BCUT2D eigenvalue weighted by atomic mass is 32.2. The molecule has 0 aromatic heterocycles. The van der Waals surface area contributed by atoms with Gasteiger partial charge in [0.25, 0.3) is 0 Å². The number of hydrazone groups is 1. The first-order valence-electron chi connectivity index (χ1n) is 10.1. The summed E-state index contributed by atoms with van der Waals surface area (Å²) in [5, 5.41) is 7.97. The van der Waals surface area contributed by atoms with Gasteiger partial charge in [-0.1, -0.05) is 84.6 Å². The number of hydrogen-bond acceptors (Lipinski definition) is 5. The normalized spacial score (nSPS) is 15.4. The first-order chi connectivity index (χ1) is 15.3. The van der Waals surface area contributed by atoms with Crippen LogP contribution in [0.3, 0.4) is 0 Å². The topological polar surface area (TPSA) is 42.8 Å². The molecule has 0 fully saturated rings. The summed E-state index contributed by atoms with van der Waals surface area (Å²) in [6.45, 7) is 0.484. The van der Waals surface area contributed by atoms with Crippen molar-refractivity contribution in [2.24, 2.45) is 5.10 Å². The average molecular weight is 427 g/mol. The molecule has 1 atom stereocenters. The van der Waals surface area contributed by atoms with E-state index in [2.05, 4.69) is 71.2 Å². The van der Waals surface area contributed by atoms with Gasteiger partial charge in [-0.3, -0.25) is 5.43 Å². The van der Waals surface area contributed by atoms with Gasteiger partial charge in [0, 0.05) is 5.56 Å². The quantitative estimate of drug-likeness (QED) is 0.403. The number of nitrogens with zero attached hydrogens (tertiary/aromatic N) is 1. The number of thioether (sulfide) groups is 1. The van der Waals surface area contributed by atoms with E-state index < -0.39 is 0 Å². The summed E-state index contributed by atoms with van der Waals surface area (Å²) in [6, 6.07) is 31.0. The first kappa shape index (κ1) is 19.5. The third-order valence-corrected chi connectivity index (χ3v) is 6.40. The van der Waals surface area contributed by atoms with Crippen LogP contribution in [-0.2, 0) is 6.61 Å². The molecule has 4 aromatic rings. The van der Waals surface area contributed by atoms with Crippen molar-refractivity contribution in [3.8, 4) is 11.5 Å². The number of methoxy groups -OCH3 is 1. The number of hydrogen-bond donors (Lipinski definition) is 1. The van der Waals surface area contributed by atoms with Crippen LogP contribution >= 0.6 is 11.8 Å². The van der Waals surface area contributed by atoms with Gasteiger partial charge in [0.15, 0.2) is 11.5 Å². The number of ether oxygens (including phenoxy) is 2. The molecule has 0 radical (unpaired) electrons. The molecule has 1 N–H and O–H groups in total. The molecule has 0 bridgehead atoms. The Morgan fingerprint density at radius 3 is 2.48 bits per heavy atom. The van der Waals surface area contributed by atoms with E-state index in [4.69, 9.17) is 9.47 Å². The standard InChI is InChI=1S/C26H22N2O2S/c1-29-24-16-22(26-28-27-25(31-26)20-8-3-2-4-9-20)13-14-23(24)30-17-18-11-12-19-7-5-6-10-21(19)15-18/h2-16,26,28H,17H2,1H3/t26-/m1/s1. The maximum absolute atomic E-state index is 6.09. The molecule has 0 unspecified atom stereocenters. The van der Waals surface area contributed by atoms with E-state index in [1.807, 2.05) is 30.3 Å². The molecule has 5 heteroatoms. The van der Waals surface area contributed by atoms with Crippen LogP contribution in [0, 0.1) is 0 Å². The van der Waals surface area contributed by atoms with Crippen molar-refractivity contribution in [1.29, 1.82) is 0 Å². The van der Waals surface area contributed by atoms with Gasteiger partial charge >= 0.3 is 0 Å². The molecule has 0 saturated carbocycles. The van der Waals surface area contributed by atoms with E-state index in [1.165, 1.54) is 10.8 Å². The highest BCUT2D eigenvalue weighted by molar-refractivity contribution is 8.14. The largest absolute Gasteiger partial charge is 0.493 e. The summed E-state index contributed by atoms with van der Waals surface area (Å²) in [6.07, 6.45) is 0. The Kier molecular flexibility index (Phi) is 5.50. The fraction of sp³-hybridized carbons (Fsp3) is 0.115. The third-order valence-electron chi connectivity index (χ3n) is 5.23. The molecule has 0 saturated heterocycles. The van der Waals surface area contributed by atoms with Crippen LogP contribution in [-0.4, -0.2) is 12.2 Å². The molecule has 31 heavy (non-hydrogen) atoms. The predicted molar refractivity (Wildman–Crippen MR) is 128 cm³/mol. The Morgan fingerprint density at radius 1 is 0.839 bits per heavy atom. The summed E-state index contributed by atoms with van der Waals surface area (Å²) in [7, 11) is 1.67. The summed E-state index contributed by atoms with van der Waals surface area (Å²) >= 11 is 1.70. The maximum Gasteiger partial charge on any atom is 0.161 e. The van der Waals surface area contributed by atoms with Crippen LogP contribution in [0.1, 0.15) is 22.1 Å². The Labute approximate surface area is 185 Å². The summed E-state index contributed by atoms with van der Waals surface area (Å²) in [5.74, 6) is 1.44. The van der Waals surface area contributed by atoms with Crippen molar-refractivity contribution in [3.05, 3.63) is 108 Å². The lowest BCUT2D eigenvalue weighted by Gasteiger charge is -2.15. The van der Waals surface area contributed by atoms with Crippen molar-refractivity contribution in [1.82, 2.24) is 5.43 Å². The number of rotatable bonds is 6. The van der Waals surface area contributed by atoms with Crippen LogP contribution < -0.4 is 14.9 Å². The van der Waals surface area contributed by atoms with Crippen LogP contribution in [0.25, 0.3) is 10.8 Å². The fourth-order valence-corrected chi connectivity index (χ4v) is 4.58. The summed E-state index contributed by atoms with van der Waals surface area (Å²) in [5.41, 5.74) is 6.55. The van der Waals surface area contributed by atoms with Gasteiger partial charge in [-0.15, -0.1) is 0 Å². The number of benzene rings is 4. The molecule has 1 aliphatic rings. The molecule has 0 amide bonds. The van der Waals surface area contributed by atoms with E-state index in [-0.39, 0.29) is 5.37 Å². The van der Waals surface area contributed by atoms with Gasteiger partial charge in [0.2, 0.25) is 0 Å². The molecular formula is C26H22N2O2S. The van der Waals surface area contributed by atoms with Gasteiger partial charge in [-0.05, 0) is 40.1 Å². The molecule has 154 valence electrons. The zero-order valence-electron chi connectivity index (χ0n) is 17.1. The molecule has 5 rings (SSSR count). The zero-order valence-corrected chi connectivity index (χ0v) is 17.9. The minimum Gasteiger partial charge on any atom is -0.493 e. The minimum atomic E-state index is 0.0404. The Balaban J connectivity index is 1.29. The lowest BCUT2D eigenvalue weighted by Crippen LogP contribution is -2.07. The lowest BCUT2D eigenvalue weighted by atomic mass is 10.1. The first-order valence-corrected chi connectivity index (χ1v) is 11.0. The summed E-state index contributed by atoms with van der Waals surface area (Å²) < 4.78 is 11.7. The molecule has 0 spiro atoms.